The second kappa shape index (κ2) is 5.56. The lowest BCUT2D eigenvalue weighted by Crippen LogP contribution is -2.26. The van der Waals surface area contributed by atoms with Crippen molar-refractivity contribution in [3.05, 3.63) is 29.3 Å². The summed E-state index contributed by atoms with van der Waals surface area (Å²) in [5.74, 6) is 0. The Kier molecular flexibility index (Phi) is 4.56. The topological polar surface area (TPSA) is 29.3 Å². The van der Waals surface area contributed by atoms with E-state index in [4.69, 9.17) is 18.0 Å². The minimum Gasteiger partial charge on any atom is -0.389 e. The van der Waals surface area contributed by atoms with Gasteiger partial charge < -0.3 is 10.6 Å². The van der Waals surface area contributed by atoms with Gasteiger partial charge in [0.25, 0.3) is 0 Å². The first-order chi connectivity index (χ1) is 8.20. The average molecular weight is 276 g/mol. The van der Waals surface area contributed by atoms with Gasteiger partial charge in [0.1, 0.15) is 4.99 Å². The van der Waals surface area contributed by atoms with Gasteiger partial charge in [-0.25, -0.2) is 0 Å². The first-order valence-electron chi connectivity index (χ1n) is 5.39. The van der Waals surface area contributed by atoms with Gasteiger partial charge >= 0.3 is 6.18 Å². The predicted octanol–water partition coefficient (Wildman–Crippen LogP) is 3.02. The molecule has 0 heterocycles. The zero-order chi connectivity index (χ0) is 13.9. The quantitative estimate of drug-likeness (QED) is 0.857. The molecule has 0 aliphatic carbocycles. The Balaban J connectivity index is 2.91. The normalized spacial score (nSPS) is 11.4. The van der Waals surface area contributed by atoms with Crippen molar-refractivity contribution in [2.24, 2.45) is 5.73 Å². The van der Waals surface area contributed by atoms with Gasteiger partial charge in [-0.15, -0.1) is 0 Å². The fourth-order valence-electron chi connectivity index (χ4n) is 1.60. The molecule has 18 heavy (non-hydrogen) atoms. The highest BCUT2D eigenvalue weighted by Crippen LogP contribution is 2.24. The molecule has 2 N–H and O–H groups in total. The molecule has 2 nitrogen and oxygen atoms in total. The van der Waals surface area contributed by atoms with Gasteiger partial charge in [-0.3, -0.25) is 0 Å². The van der Waals surface area contributed by atoms with Gasteiger partial charge in [-0.05, 0) is 19.1 Å². The van der Waals surface area contributed by atoms with Crippen molar-refractivity contribution in [1.82, 2.24) is 0 Å². The number of hydrogen-bond donors (Lipinski definition) is 1. The number of hydrogen-bond acceptors (Lipinski definition) is 2. The molecule has 0 amide bonds. The van der Waals surface area contributed by atoms with Gasteiger partial charge in [0.2, 0.25) is 0 Å². The third kappa shape index (κ3) is 4.18. The summed E-state index contributed by atoms with van der Waals surface area (Å²) in [6.45, 7) is 1.75. The standard InChI is InChI=1S/C12H15F3N2S/c1-8-3-4-10(9(7-8)11(16)18)17(2)6-5-12(13,14)15/h3-4,7H,5-6H2,1-2H3,(H2,16,18). The van der Waals surface area contributed by atoms with Crippen molar-refractivity contribution in [3.63, 3.8) is 0 Å². The maximum absolute atomic E-state index is 12.2. The molecule has 0 aliphatic heterocycles. The number of anilines is 1. The van der Waals surface area contributed by atoms with Gasteiger partial charge in [0.05, 0.1) is 6.42 Å². The van der Waals surface area contributed by atoms with Crippen LogP contribution < -0.4 is 10.6 Å². The molecule has 0 radical (unpaired) electrons. The van der Waals surface area contributed by atoms with E-state index in [1.807, 2.05) is 13.0 Å². The van der Waals surface area contributed by atoms with Crippen molar-refractivity contribution >= 4 is 22.9 Å². The molecule has 6 heteroatoms. The smallest absolute Gasteiger partial charge is 0.389 e. The highest BCUT2D eigenvalue weighted by Gasteiger charge is 2.27. The first kappa shape index (κ1) is 14.8. The molecule has 0 fully saturated rings. The fourth-order valence-corrected chi connectivity index (χ4v) is 1.76. The second-order valence-corrected chi connectivity index (χ2v) is 4.61. The summed E-state index contributed by atoms with van der Waals surface area (Å²) in [4.78, 5) is 1.70. The zero-order valence-corrected chi connectivity index (χ0v) is 11.0. The number of thiocarbonyl (C=S) groups is 1. The summed E-state index contributed by atoms with van der Waals surface area (Å²) in [5, 5.41) is 0. The molecule has 1 aromatic rings. The van der Waals surface area contributed by atoms with Crippen LogP contribution in [0.15, 0.2) is 18.2 Å². The Morgan fingerprint density at radius 3 is 2.50 bits per heavy atom. The molecule has 0 bridgehead atoms. The van der Waals surface area contributed by atoms with Crippen molar-refractivity contribution in [2.45, 2.75) is 19.5 Å². The molecule has 0 saturated heterocycles. The molecule has 100 valence electrons. The number of alkyl halides is 3. The number of nitrogens with zero attached hydrogens (tertiary/aromatic N) is 1. The predicted molar refractivity (Wildman–Crippen MR) is 71.0 cm³/mol. The molecule has 0 saturated carbocycles. The van der Waals surface area contributed by atoms with Crippen LogP contribution in [0.2, 0.25) is 0 Å². The molecule has 0 unspecified atom stereocenters. The SMILES string of the molecule is Cc1ccc(N(C)CCC(F)(F)F)c(C(N)=S)c1. The van der Waals surface area contributed by atoms with Crippen molar-refractivity contribution in [2.75, 3.05) is 18.5 Å². The van der Waals surface area contributed by atoms with E-state index in [1.165, 1.54) is 4.90 Å². The third-order valence-corrected chi connectivity index (χ3v) is 2.78. The Morgan fingerprint density at radius 1 is 1.39 bits per heavy atom. The molecule has 0 aliphatic rings. The van der Waals surface area contributed by atoms with Crippen LogP contribution in [0, 0.1) is 6.92 Å². The first-order valence-corrected chi connectivity index (χ1v) is 5.80. The van der Waals surface area contributed by atoms with E-state index in [2.05, 4.69) is 0 Å². The third-order valence-electron chi connectivity index (χ3n) is 2.56. The number of halogens is 3. The van der Waals surface area contributed by atoms with Crippen LogP contribution >= 0.6 is 12.2 Å². The van der Waals surface area contributed by atoms with E-state index in [0.717, 1.165) is 5.56 Å². The Morgan fingerprint density at radius 2 is 2.00 bits per heavy atom. The van der Waals surface area contributed by atoms with Crippen LogP contribution in [-0.2, 0) is 0 Å². The minimum absolute atomic E-state index is 0.123. The highest BCUT2D eigenvalue weighted by molar-refractivity contribution is 7.80. The molecule has 1 aromatic carbocycles. The Hall–Kier alpha value is -1.30. The summed E-state index contributed by atoms with van der Waals surface area (Å²) in [6.07, 6.45) is -5.03. The van der Waals surface area contributed by atoms with E-state index in [1.54, 1.807) is 19.2 Å². The van der Waals surface area contributed by atoms with Crippen molar-refractivity contribution in [1.29, 1.82) is 0 Å². The molecular weight excluding hydrogens is 261 g/mol. The number of benzene rings is 1. The number of rotatable bonds is 4. The lowest BCUT2D eigenvalue weighted by Gasteiger charge is -2.23. The largest absolute Gasteiger partial charge is 0.390 e. The Bertz CT molecular complexity index is 443. The van der Waals surface area contributed by atoms with Crippen LogP contribution in [0.3, 0.4) is 0 Å². The lowest BCUT2D eigenvalue weighted by atomic mass is 10.1. The van der Waals surface area contributed by atoms with Crippen LogP contribution in [0.25, 0.3) is 0 Å². The van der Waals surface area contributed by atoms with Gasteiger partial charge in [-0.1, -0.05) is 23.8 Å². The van der Waals surface area contributed by atoms with Gasteiger partial charge in [-0.2, -0.15) is 13.2 Å². The fraction of sp³-hybridized carbons (Fsp3) is 0.417. The van der Waals surface area contributed by atoms with Crippen LogP contribution in [0.5, 0.6) is 0 Å². The summed E-state index contributed by atoms with van der Waals surface area (Å²) in [5.41, 5.74) is 7.78. The number of nitrogens with two attached hydrogens (primary N) is 1. The summed E-state index contributed by atoms with van der Waals surface area (Å²) >= 11 is 4.91. The van der Waals surface area contributed by atoms with Crippen LogP contribution in [-0.4, -0.2) is 24.8 Å². The van der Waals surface area contributed by atoms with E-state index < -0.39 is 12.6 Å². The monoisotopic (exact) mass is 276 g/mol. The average Bonchev–Trinajstić information content (AvgIpc) is 2.24. The maximum atomic E-state index is 12.2. The molecular formula is C12H15F3N2S. The number of aryl methyl sites for hydroxylation is 1. The summed E-state index contributed by atoms with van der Waals surface area (Å²) < 4.78 is 36.5. The Labute approximate surface area is 110 Å². The summed E-state index contributed by atoms with van der Waals surface area (Å²) in [6, 6.07) is 5.34. The second-order valence-electron chi connectivity index (χ2n) is 4.17. The van der Waals surface area contributed by atoms with E-state index in [9.17, 15) is 13.2 Å². The van der Waals surface area contributed by atoms with E-state index in [-0.39, 0.29) is 11.5 Å². The maximum Gasteiger partial charge on any atom is 0.390 e. The van der Waals surface area contributed by atoms with Crippen LogP contribution in [0.1, 0.15) is 17.5 Å². The summed E-state index contributed by atoms with van der Waals surface area (Å²) in [7, 11) is 1.60. The molecule has 0 aromatic heterocycles. The van der Waals surface area contributed by atoms with Crippen LogP contribution in [0.4, 0.5) is 18.9 Å². The lowest BCUT2D eigenvalue weighted by molar-refractivity contribution is -0.132. The molecule has 0 atom stereocenters. The molecule has 0 spiro atoms. The van der Waals surface area contributed by atoms with Crippen molar-refractivity contribution in [3.8, 4) is 0 Å². The van der Waals surface area contributed by atoms with E-state index in [0.29, 0.717) is 11.3 Å². The molecule has 1 rings (SSSR count). The minimum atomic E-state index is -4.16. The van der Waals surface area contributed by atoms with E-state index >= 15 is 0 Å². The van der Waals surface area contributed by atoms with Gasteiger partial charge in [0, 0.05) is 24.8 Å². The zero-order valence-electron chi connectivity index (χ0n) is 10.2. The van der Waals surface area contributed by atoms with Gasteiger partial charge in [0.15, 0.2) is 0 Å². The van der Waals surface area contributed by atoms with Crippen molar-refractivity contribution < 1.29 is 13.2 Å². The highest BCUT2D eigenvalue weighted by atomic mass is 32.1.